The number of benzene rings is 1. The fourth-order valence-corrected chi connectivity index (χ4v) is 1.10. The minimum atomic E-state index is -0.387. The van der Waals surface area contributed by atoms with Crippen LogP contribution in [-0.2, 0) is 0 Å². The molecule has 0 saturated heterocycles. The monoisotopic (exact) mass is 207 g/mol. The summed E-state index contributed by atoms with van der Waals surface area (Å²) in [5, 5.41) is 7.23. The Morgan fingerprint density at radius 3 is 2.67 bits per heavy atom. The zero-order valence-corrected chi connectivity index (χ0v) is 9.32. The molecule has 82 valence electrons. The predicted octanol–water partition coefficient (Wildman–Crippen LogP) is 1.46. The number of nitrogens with two attached hydrogens (primary N) is 1. The number of amidine groups is 1. The summed E-state index contributed by atoms with van der Waals surface area (Å²) in [5.41, 5.74) is 6.39. The summed E-state index contributed by atoms with van der Waals surface area (Å²) in [5.74, 6) is 0.758. The maximum Gasteiger partial charge on any atom is 0.152 e. The molecule has 1 rings (SSSR count). The number of hydrogen-bond donors (Lipinski definition) is 2. The molecule has 0 radical (unpaired) electrons. The third kappa shape index (κ3) is 3.16. The van der Waals surface area contributed by atoms with E-state index < -0.39 is 0 Å². The molecule has 4 heteroatoms. The standard InChI is InChI=1S/C11H17N3O/c1-8(11(12)13)15-10-6-4-5-9(7-10)14(2)3/h4-8H,1-3H3,(H3,12,13). The van der Waals surface area contributed by atoms with Crippen molar-refractivity contribution in [1.82, 2.24) is 0 Å². The van der Waals surface area contributed by atoms with Gasteiger partial charge in [0.2, 0.25) is 0 Å². The summed E-state index contributed by atoms with van der Waals surface area (Å²) >= 11 is 0. The quantitative estimate of drug-likeness (QED) is 0.580. The maximum absolute atomic E-state index is 7.23. The van der Waals surface area contributed by atoms with E-state index in [1.807, 2.05) is 43.3 Å². The van der Waals surface area contributed by atoms with Crippen LogP contribution in [0.5, 0.6) is 5.75 Å². The van der Waals surface area contributed by atoms with Crippen LogP contribution in [0.4, 0.5) is 5.69 Å². The minimum absolute atomic E-state index is 0.0326. The number of nitrogens with one attached hydrogen (secondary N) is 1. The topological polar surface area (TPSA) is 62.3 Å². The van der Waals surface area contributed by atoms with Crippen LogP contribution in [0.2, 0.25) is 0 Å². The number of anilines is 1. The fourth-order valence-electron chi connectivity index (χ4n) is 1.10. The molecular formula is C11H17N3O. The predicted molar refractivity (Wildman–Crippen MR) is 62.8 cm³/mol. The molecule has 0 fully saturated rings. The number of hydrogen-bond acceptors (Lipinski definition) is 3. The van der Waals surface area contributed by atoms with Gasteiger partial charge < -0.3 is 15.4 Å². The largest absolute Gasteiger partial charge is 0.483 e. The minimum Gasteiger partial charge on any atom is -0.483 e. The zero-order valence-electron chi connectivity index (χ0n) is 9.32. The van der Waals surface area contributed by atoms with Crippen LogP contribution in [0.1, 0.15) is 6.92 Å². The molecule has 0 amide bonds. The Hall–Kier alpha value is -1.71. The Bertz CT molecular complexity index is 349. The average molecular weight is 207 g/mol. The Morgan fingerprint density at radius 2 is 2.13 bits per heavy atom. The molecule has 0 aliphatic heterocycles. The molecule has 1 unspecified atom stereocenters. The van der Waals surface area contributed by atoms with Crippen LogP contribution in [0, 0.1) is 5.41 Å². The van der Waals surface area contributed by atoms with E-state index in [2.05, 4.69) is 0 Å². The van der Waals surface area contributed by atoms with Crippen molar-refractivity contribution in [1.29, 1.82) is 5.41 Å². The van der Waals surface area contributed by atoms with Gasteiger partial charge in [-0.1, -0.05) is 6.07 Å². The summed E-state index contributed by atoms with van der Waals surface area (Å²) in [6.45, 7) is 1.75. The van der Waals surface area contributed by atoms with Gasteiger partial charge in [-0.3, -0.25) is 5.41 Å². The maximum atomic E-state index is 7.23. The van der Waals surface area contributed by atoms with Gasteiger partial charge in [-0.2, -0.15) is 0 Å². The highest BCUT2D eigenvalue weighted by atomic mass is 16.5. The Balaban J connectivity index is 2.78. The number of rotatable bonds is 4. The smallest absolute Gasteiger partial charge is 0.152 e. The molecule has 0 bridgehead atoms. The van der Waals surface area contributed by atoms with Crippen molar-refractivity contribution in [3.63, 3.8) is 0 Å². The molecule has 0 spiro atoms. The fraction of sp³-hybridized carbons (Fsp3) is 0.364. The Kier molecular flexibility index (Phi) is 3.55. The van der Waals surface area contributed by atoms with Gasteiger partial charge in [-0.25, -0.2) is 0 Å². The first-order valence-electron chi connectivity index (χ1n) is 4.78. The first kappa shape index (κ1) is 11.4. The number of ether oxygens (including phenoxy) is 1. The highest BCUT2D eigenvalue weighted by molar-refractivity contribution is 5.81. The van der Waals surface area contributed by atoms with E-state index in [1.54, 1.807) is 6.92 Å². The van der Waals surface area contributed by atoms with Crippen LogP contribution in [0.3, 0.4) is 0 Å². The van der Waals surface area contributed by atoms with E-state index in [4.69, 9.17) is 15.9 Å². The summed E-state index contributed by atoms with van der Waals surface area (Å²) in [7, 11) is 3.93. The second-order valence-corrected chi connectivity index (χ2v) is 3.61. The van der Waals surface area contributed by atoms with Crippen molar-refractivity contribution >= 4 is 11.5 Å². The highest BCUT2D eigenvalue weighted by Crippen LogP contribution is 2.20. The van der Waals surface area contributed by atoms with Gasteiger partial charge >= 0.3 is 0 Å². The molecule has 0 heterocycles. The van der Waals surface area contributed by atoms with Crippen molar-refractivity contribution in [2.45, 2.75) is 13.0 Å². The summed E-state index contributed by atoms with van der Waals surface area (Å²) in [6.07, 6.45) is -0.387. The van der Waals surface area contributed by atoms with Gasteiger partial charge in [0.25, 0.3) is 0 Å². The lowest BCUT2D eigenvalue weighted by atomic mass is 10.3. The lowest BCUT2D eigenvalue weighted by Crippen LogP contribution is -2.30. The molecule has 0 aliphatic carbocycles. The van der Waals surface area contributed by atoms with Crippen molar-refractivity contribution in [2.75, 3.05) is 19.0 Å². The molecule has 1 aromatic rings. The molecule has 3 N–H and O–H groups in total. The van der Waals surface area contributed by atoms with E-state index in [-0.39, 0.29) is 11.9 Å². The summed E-state index contributed by atoms with van der Waals surface area (Å²) in [6, 6.07) is 7.68. The van der Waals surface area contributed by atoms with Crippen LogP contribution >= 0.6 is 0 Å². The van der Waals surface area contributed by atoms with E-state index in [0.717, 1.165) is 11.4 Å². The van der Waals surface area contributed by atoms with E-state index in [0.29, 0.717) is 0 Å². The van der Waals surface area contributed by atoms with Crippen molar-refractivity contribution in [3.05, 3.63) is 24.3 Å². The van der Waals surface area contributed by atoms with Gasteiger partial charge in [0.15, 0.2) is 6.10 Å². The average Bonchev–Trinajstić information content (AvgIpc) is 2.18. The van der Waals surface area contributed by atoms with E-state index >= 15 is 0 Å². The van der Waals surface area contributed by atoms with Gasteiger partial charge in [-0.15, -0.1) is 0 Å². The molecule has 1 atom stereocenters. The van der Waals surface area contributed by atoms with Crippen molar-refractivity contribution in [2.24, 2.45) is 5.73 Å². The van der Waals surface area contributed by atoms with Gasteiger partial charge in [0.05, 0.1) is 0 Å². The molecule has 4 nitrogen and oxygen atoms in total. The lowest BCUT2D eigenvalue weighted by molar-refractivity contribution is 0.285. The van der Waals surface area contributed by atoms with Crippen molar-refractivity contribution in [3.8, 4) is 5.75 Å². The normalized spacial score (nSPS) is 11.9. The summed E-state index contributed by atoms with van der Waals surface area (Å²) in [4.78, 5) is 1.99. The van der Waals surface area contributed by atoms with Gasteiger partial charge in [0, 0.05) is 25.8 Å². The molecule has 0 saturated carbocycles. The number of nitrogens with zero attached hydrogens (tertiary/aromatic N) is 1. The summed E-state index contributed by atoms with van der Waals surface area (Å²) < 4.78 is 5.49. The van der Waals surface area contributed by atoms with Crippen LogP contribution in [-0.4, -0.2) is 26.0 Å². The molecule has 0 aliphatic rings. The Labute approximate surface area is 90.2 Å². The third-order valence-corrected chi connectivity index (χ3v) is 2.08. The van der Waals surface area contributed by atoms with Gasteiger partial charge in [-0.05, 0) is 19.1 Å². The zero-order chi connectivity index (χ0) is 11.4. The molecular weight excluding hydrogens is 190 g/mol. The molecule has 1 aromatic carbocycles. The second-order valence-electron chi connectivity index (χ2n) is 3.61. The van der Waals surface area contributed by atoms with E-state index in [9.17, 15) is 0 Å². The molecule has 15 heavy (non-hydrogen) atoms. The van der Waals surface area contributed by atoms with E-state index in [1.165, 1.54) is 0 Å². The first-order valence-corrected chi connectivity index (χ1v) is 4.78. The lowest BCUT2D eigenvalue weighted by Gasteiger charge is -2.16. The van der Waals surface area contributed by atoms with Crippen LogP contribution in [0.15, 0.2) is 24.3 Å². The van der Waals surface area contributed by atoms with Gasteiger partial charge in [0.1, 0.15) is 11.6 Å². The molecule has 0 aromatic heterocycles. The second kappa shape index (κ2) is 4.68. The van der Waals surface area contributed by atoms with Crippen LogP contribution < -0.4 is 15.4 Å². The van der Waals surface area contributed by atoms with Crippen molar-refractivity contribution < 1.29 is 4.74 Å². The third-order valence-electron chi connectivity index (χ3n) is 2.08. The highest BCUT2D eigenvalue weighted by Gasteiger charge is 2.07. The first-order chi connectivity index (χ1) is 7.00. The Morgan fingerprint density at radius 1 is 1.47 bits per heavy atom. The van der Waals surface area contributed by atoms with Crippen LogP contribution in [0.25, 0.3) is 0 Å². The SMILES string of the molecule is CC(Oc1cccc(N(C)C)c1)C(=N)N.